The van der Waals surface area contributed by atoms with Crippen molar-refractivity contribution in [3.05, 3.63) is 46.2 Å². The van der Waals surface area contributed by atoms with E-state index in [0.717, 1.165) is 6.21 Å². The van der Waals surface area contributed by atoms with Crippen molar-refractivity contribution in [1.29, 1.82) is 0 Å². The standard InChI is InChI=1S/C13H8ClF4N3O2/c1-23-7-3-5(2-6(14)11(7)22)4-19-21-10-8(15)12(17)20-13(18)9(10)16/h2-4,22H,1H3,(H,20,21)/b19-4+. The number of nitrogens with one attached hydrogen (secondary N) is 1. The number of benzene rings is 1. The molecule has 0 bridgehead atoms. The van der Waals surface area contributed by atoms with Gasteiger partial charge in [-0.3, -0.25) is 5.43 Å². The Bertz CT molecular complexity index is 760. The predicted molar refractivity (Wildman–Crippen MR) is 75.0 cm³/mol. The third-order valence-electron chi connectivity index (χ3n) is 2.66. The van der Waals surface area contributed by atoms with Crippen molar-refractivity contribution < 1.29 is 27.4 Å². The molecule has 0 aliphatic heterocycles. The second-order valence-electron chi connectivity index (χ2n) is 4.12. The third-order valence-corrected chi connectivity index (χ3v) is 2.95. The fourth-order valence-corrected chi connectivity index (χ4v) is 1.80. The molecule has 1 heterocycles. The molecule has 2 N–H and O–H groups in total. The van der Waals surface area contributed by atoms with Crippen LogP contribution >= 0.6 is 11.6 Å². The van der Waals surface area contributed by atoms with Gasteiger partial charge in [-0.2, -0.15) is 27.6 Å². The lowest BCUT2D eigenvalue weighted by atomic mass is 10.2. The number of aromatic nitrogens is 1. The number of pyridine rings is 1. The van der Waals surface area contributed by atoms with Crippen molar-refractivity contribution in [3.63, 3.8) is 0 Å². The quantitative estimate of drug-likeness (QED) is 0.384. The van der Waals surface area contributed by atoms with Crippen LogP contribution in [0.1, 0.15) is 5.56 Å². The SMILES string of the molecule is COc1cc(/C=N/Nc2c(F)c(F)nc(F)c2F)cc(Cl)c1O. The third kappa shape index (κ3) is 3.45. The molecule has 0 aliphatic rings. The maximum Gasteiger partial charge on any atom is 0.254 e. The predicted octanol–water partition coefficient (Wildman–Crippen LogP) is 3.45. The molecule has 5 nitrogen and oxygen atoms in total. The highest BCUT2D eigenvalue weighted by Gasteiger charge is 2.20. The van der Waals surface area contributed by atoms with Gasteiger partial charge < -0.3 is 9.84 Å². The molecule has 0 fully saturated rings. The number of phenols is 1. The molecule has 0 spiro atoms. The maximum atomic E-state index is 13.3. The van der Waals surface area contributed by atoms with Gasteiger partial charge in [-0.05, 0) is 17.7 Å². The average Bonchev–Trinajstić information content (AvgIpc) is 2.52. The number of phenolic OH excluding ortho intramolecular Hbond substituents is 1. The van der Waals surface area contributed by atoms with Crippen molar-refractivity contribution in [2.75, 3.05) is 12.5 Å². The van der Waals surface area contributed by atoms with Crippen LogP contribution in [0.2, 0.25) is 5.02 Å². The minimum Gasteiger partial charge on any atom is -0.503 e. The van der Waals surface area contributed by atoms with Gasteiger partial charge in [-0.25, -0.2) is 0 Å². The molecule has 0 unspecified atom stereocenters. The Kier molecular flexibility index (Phi) is 4.89. The van der Waals surface area contributed by atoms with Crippen LogP contribution < -0.4 is 10.2 Å². The number of ether oxygens (including phenoxy) is 1. The molecule has 0 saturated heterocycles. The number of rotatable bonds is 4. The topological polar surface area (TPSA) is 66.7 Å². The van der Waals surface area contributed by atoms with Crippen LogP contribution in [0.15, 0.2) is 17.2 Å². The van der Waals surface area contributed by atoms with Crippen LogP contribution in [0.3, 0.4) is 0 Å². The van der Waals surface area contributed by atoms with Crippen molar-refractivity contribution in [3.8, 4) is 11.5 Å². The van der Waals surface area contributed by atoms with E-state index >= 15 is 0 Å². The average molecular weight is 350 g/mol. The lowest BCUT2D eigenvalue weighted by molar-refractivity contribution is 0.373. The Morgan fingerprint density at radius 1 is 1.22 bits per heavy atom. The van der Waals surface area contributed by atoms with Crippen LogP contribution in [-0.4, -0.2) is 23.4 Å². The van der Waals surface area contributed by atoms with E-state index in [1.165, 1.54) is 19.2 Å². The zero-order valence-corrected chi connectivity index (χ0v) is 12.1. The first-order chi connectivity index (χ1) is 10.8. The summed E-state index contributed by atoms with van der Waals surface area (Å²) in [6.07, 6.45) is 1.04. The molecule has 0 saturated carbocycles. The van der Waals surface area contributed by atoms with E-state index in [4.69, 9.17) is 16.3 Å². The zero-order valence-electron chi connectivity index (χ0n) is 11.4. The first-order valence-electron chi connectivity index (χ1n) is 5.90. The van der Waals surface area contributed by atoms with E-state index in [1.54, 1.807) is 0 Å². The summed E-state index contributed by atoms with van der Waals surface area (Å²) in [6.45, 7) is 0. The molecule has 122 valence electrons. The van der Waals surface area contributed by atoms with Crippen molar-refractivity contribution in [1.82, 2.24) is 4.98 Å². The fraction of sp³-hybridized carbons (Fsp3) is 0.0769. The smallest absolute Gasteiger partial charge is 0.254 e. The van der Waals surface area contributed by atoms with Gasteiger partial charge in [0, 0.05) is 0 Å². The van der Waals surface area contributed by atoms with Gasteiger partial charge in [-0.15, -0.1) is 0 Å². The number of anilines is 1. The molecular weight excluding hydrogens is 342 g/mol. The molecular formula is C13H8ClF4N3O2. The minimum absolute atomic E-state index is 0.0392. The van der Waals surface area contributed by atoms with Gasteiger partial charge >= 0.3 is 0 Å². The first kappa shape index (κ1) is 16.8. The molecule has 1 aromatic heterocycles. The summed E-state index contributed by atoms with van der Waals surface area (Å²) in [5.41, 5.74) is 0.985. The molecule has 0 aliphatic carbocycles. The van der Waals surface area contributed by atoms with Crippen molar-refractivity contribution in [2.45, 2.75) is 0 Å². The fourth-order valence-electron chi connectivity index (χ4n) is 1.58. The number of hydrogen-bond donors (Lipinski definition) is 2. The Hall–Kier alpha value is -2.55. The Morgan fingerprint density at radius 3 is 2.39 bits per heavy atom. The van der Waals surface area contributed by atoms with E-state index in [0.29, 0.717) is 0 Å². The van der Waals surface area contributed by atoms with Gasteiger partial charge in [0.2, 0.25) is 11.6 Å². The number of aromatic hydroxyl groups is 1. The van der Waals surface area contributed by atoms with Gasteiger partial charge in [0.25, 0.3) is 11.9 Å². The van der Waals surface area contributed by atoms with Crippen LogP contribution in [0.5, 0.6) is 11.5 Å². The van der Waals surface area contributed by atoms with E-state index in [2.05, 4.69) is 10.1 Å². The molecule has 2 rings (SSSR count). The Balaban J connectivity index is 2.28. The van der Waals surface area contributed by atoms with Gasteiger partial charge in [0.15, 0.2) is 11.5 Å². The van der Waals surface area contributed by atoms with Crippen LogP contribution in [0, 0.1) is 23.5 Å². The summed E-state index contributed by atoms with van der Waals surface area (Å²) < 4.78 is 57.4. The normalized spacial score (nSPS) is 11.0. The summed E-state index contributed by atoms with van der Waals surface area (Å²) in [5.74, 6) is -7.32. The van der Waals surface area contributed by atoms with Gasteiger partial charge in [0.1, 0.15) is 5.69 Å². The maximum absolute atomic E-state index is 13.3. The van der Waals surface area contributed by atoms with E-state index in [9.17, 15) is 22.7 Å². The number of halogens is 5. The number of hydrazone groups is 1. The summed E-state index contributed by atoms with van der Waals surface area (Å²) in [7, 11) is 1.29. The Labute approximate surface area is 132 Å². The lowest BCUT2D eigenvalue weighted by Crippen LogP contribution is -2.05. The second-order valence-corrected chi connectivity index (χ2v) is 4.53. The highest BCUT2D eigenvalue weighted by atomic mass is 35.5. The second kappa shape index (κ2) is 6.69. The highest BCUT2D eigenvalue weighted by molar-refractivity contribution is 6.32. The minimum atomic E-state index is -1.81. The molecule has 0 atom stereocenters. The lowest BCUT2D eigenvalue weighted by Gasteiger charge is -2.07. The highest BCUT2D eigenvalue weighted by Crippen LogP contribution is 2.34. The van der Waals surface area contributed by atoms with Crippen LogP contribution in [0.25, 0.3) is 0 Å². The Morgan fingerprint density at radius 2 is 1.83 bits per heavy atom. The van der Waals surface area contributed by atoms with Gasteiger partial charge in [0.05, 0.1) is 18.3 Å². The van der Waals surface area contributed by atoms with Crippen molar-refractivity contribution in [2.24, 2.45) is 5.10 Å². The molecule has 0 amide bonds. The summed E-state index contributed by atoms with van der Waals surface area (Å²) in [4.78, 5) is 2.41. The van der Waals surface area contributed by atoms with Crippen LogP contribution in [0.4, 0.5) is 23.2 Å². The van der Waals surface area contributed by atoms with Gasteiger partial charge in [-0.1, -0.05) is 11.6 Å². The molecule has 23 heavy (non-hydrogen) atoms. The van der Waals surface area contributed by atoms with Crippen LogP contribution in [-0.2, 0) is 0 Å². The summed E-state index contributed by atoms with van der Waals surface area (Å²) >= 11 is 5.75. The monoisotopic (exact) mass is 349 g/mol. The molecule has 2 aromatic rings. The molecule has 10 heteroatoms. The van der Waals surface area contributed by atoms with E-state index < -0.39 is 29.2 Å². The van der Waals surface area contributed by atoms with E-state index in [1.807, 2.05) is 5.43 Å². The summed E-state index contributed by atoms with van der Waals surface area (Å²) in [5, 5.41) is 13.0. The van der Waals surface area contributed by atoms with E-state index in [-0.39, 0.29) is 22.1 Å². The number of hydrogen-bond acceptors (Lipinski definition) is 5. The number of nitrogens with zero attached hydrogens (tertiary/aromatic N) is 2. The zero-order chi connectivity index (χ0) is 17.1. The number of methoxy groups -OCH3 is 1. The summed E-state index contributed by atoms with van der Waals surface area (Å²) in [6, 6.07) is 2.61. The first-order valence-corrected chi connectivity index (χ1v) is 6.28. The molecule has 1 aromatic carbocycles. The largest absolute Gasteiger partial charge is 0.503 e. The van der Waals surface area contributed by atoms with Crippen molar-refractivity contribution >= 4 is 23.5 Å². The molecule has 0 radical (unpaired) electrons.